The van der Waals surface area contributed by atoms with Crippen LogP contribution in [0.15, 0.2) is 30.3 Å². The number of ether oxygens (including phenoxy) is 1. The average Bonchev–Trinajstić information content (AvgIpc) is 2.30. The Bertz CT molecular complexity index is 313. The topological polar surface area (TPSA) is 58.6 Å². The first kappa shape index (κ1) is 12.5. The van der Waals surface area contributed by atoms with Crippen molar-refractivity contribution in [2.45, 2.75) is 19.4 Å². The molecule has 0 bridgehead atoms. The molecule has 1 amide bonds. The molecule has 88 valence electrons. The minimum absolute atomic E-state index is 0.175. The van der Waals surface area contributed by atoms with E-state index in [1.54, 1.807) is 0 Å². The highest BCUT2D eigenvalue weighted by Gasteiger charge is 2.13. The second-order valence-electron chi connectivity index (χ2n) is 3.43. The lowest BCUT2D eigenvalue weighted by molar-refractivity contribution is 0.0582. The van der Waals surface area contributed by atoms with Crippen molar-refractivity contribution in [2.24, 2.45) is 0 Å². The van der Waals surface area contributed by atoms with Crippen LogP contribution in [-0.2, 0) is 11.2 Å². The second kappa shape index (κ2) is 6.85. The molecule has 0 spiro atoms. The largest absolute Gasteiger partial charge is 0.443 e. The van der Waals surface area contributed by atoms with Gasteiger partial charge in [-0.3, -0.25) is 0 Å². The Kier molecular flexibility index (Phi) is 5.36. The van der Waals surface area contributed by atoms with Gasteiger partial charge in [0.2, 0.25) is 0 Å². The first-order valence-electron chi connectivity index (χ1n) is 5.35. The lowest BCUT2D eigenvalue weighted by Gasteiger charge is -2.15. The summed E-state index contributed by atoms with van der Waals surface area (Å²) >= 11 is 0. The molecule has 0 fully saturated rings. The Morgan fingerprint density at radius 1 is 1.44 bits per heavy atom. The number of aliphatic hydroxyl groups is 1. The summed E-state index contributed by atoms with van der Waals surface area (Å²) in [5, 5.41) is 11.6. The van der Waals surface area contributed by atoms with E-state index in [2.05, 4.69) is 5.32 Å². The summed E-state index contributed by atoms with van der Waals surface area (Å²) in [6.45, 7) is 2.15. The summed E-state index contributed by atoms with van der Waals surface area (Å²) in [6.07, 6.45) is -0.458. The molecule has 0 aliphatic heterocycles. The number of rotatable bonds is 5. The maximum absolute atomic E-state index is 11.2. The molecule has 0 heterocycles. The third kappa shape index (κ3) is 4.31. The van der Waals surface area contributed by atoms with Crippen LogP contribution in [-0.4, -0.2) is 30.5 Å². The van der Waals surface area contributed by atoms with Gasteiger partial charge in [-0.1, -0.05) is 30.3 Å². The van der Waals surface area contributed by atoms with E-state index < -0.39 is 12.2 Å². The van der Waals surface area contributed by atoms with Crippen LogP contribution in [0.5, 0.6) is 0 Å². The number of aliphatic hydroxyl groups excluding tert-OH is 1. The SMILES string of the molecule is CCNC(=O)OC(CO)Cc1ccccc1. The molecule has 4 heteroatoms. The van der Waals surface area contributed by atoms with Gasteiger partial charge in [0.1, 0.15) is 6.10 Å². The van der Waals surface area contributed by atoms with Crippen molar-refractivity contribution in [1.82, 2.24) is 5.32 Å². The third-order valence-corrected chi connectivity index (χ3v) is 2.10. The fourth-order valence-electron chi connectivity index (χ4n) is 1.36. The van der Waals surface area contributed by atoms with Crippen molar-refractivity contribution in [3.05, 3.63) is 35.9 Å². The zero-order valence-corrected chi connectivity index (χ0v) is 9.35. The van der Waals surface area contributed by atoms with Gasteiger partial charge >= 0.3 is 6.09 Å². The number of nitrogens with one attached hydrogen (secondary N) is 1. The molecule has 2 N–H and O–H groups in total. The zero-order valence-electron chi connectivity index (χ0n) is 9.35. The van der Waals surface area contributed by atoms with Crippen LogP contribution in [0.2, 0.25) is 0 Å². The molecule has 0 aliphatic carbocycles. The van der Waals surface area contributed by atoms with Gasteiger partial charge in [-0.2, -0.15) is 0 Å². The normalized spacial score (nSPS) is 11.9. The van der Waals surface area contributed by atoms with E-state index >= 15 is 0 Å². The van der Waals surface area contributed by atoms with Crippen molar-refractivity contribution < 1.29 is 14.6 Å². The molecule has 1 aromatic carbocycles. The number of carbonyl (C=O) groups is 1. The van der Waals surface area contributed by atoms with Crippen molar-refractivity contribution in [2.75, 3.05) is 13.2 Å². The van der Waals surface area contributed by atoms with Gasteiger partial charge in [0, 0.05) is 13.0 Å². The predicted octanol–water partition coefficient (Wildman–Crippen LogP) is 1.34. The first-order chi connectivity index (χ1) is 7.76. The molecule has 0 aliphatic rings. The highest BCUT2D eigenvalue weighted by atomic mass is 16.6. The van der Waals surface area contributed by atoms with Crippen LogP contribution in [0.3, 0.4) is 0 Å². The smallest absolute Gasteiger partial charge is 0.407 e. The van der Waals surface area contributed by atoms with Gasteiger partial charge < -0.3 is 15.2 Å². The fraction of sp³-hybridized carbons (Fsp3) is 0.417. The van der Waals surface area contributed by atoms with E-state index in [4.69, 9.17) is 9.84 Å². The summed E-state index contributed by atoms with van der Waals surface area (Å²) in [5.41, 5.74) is 1.03. The highest BCUT2D eigenvalue weighted by molar-refractivity contribution is 5.67. The highest BCUT2D eigenvalue weighted by Crippen LogP contribution is 2.05. The summed E-state index contributed by atoms with van der Waals surface area (Å²) in [6, 6.07) is 9.61. The van der Waals surface area contributed by atoms with E-state index in [-0.39, 0.29) is 6.61 Å². The Morgan fingerprint density at radius 2 is 2.12 bits per heavy atom. The lowest BCUT2D eigenvalue weighted by atomic mass is 10.1. The van der Waals surface area contributed by atoms with Crippen molar-refractivity contribution in [3.63, 3.8) is 0 Å². The summed E-state index contributed by atoms with van der Waals surface area (Å²) in [7, 11) is 0. The maximum atomic E-state index is 11.2. The number of alkyl carbamates (subject to hydrolysis) is 1. The van der Waals surface area contributed by atoms with E-state index in [9.17, 15) is 4.79 Å². The molecule has 0 radical (unpaired) electrons. The molecule has 16 heavy (non-hydrogen) atoms. The van der Waals surface area contributed by atoms with Crippen LogP contribution in [0, 0.1) is 0 Å². The Morgan fingerprint density at radius 3 is 2.69 bits per heavy atom. The molecule has 1 unspecified atom stereocenters. The molecule has 0 saturated carbocycles. The molecule has 0 aromatic heterocycles. The molecular weight excluding hydrogens is 206 g/mol. The van der Waals surface area contributed by atoms with Crippen molar-refractivity contribution in [1.29, 1.82) is 0 Å². The van der Waals surface area contributed by atoms with Gasteiger partial charge in [-0.25, -0.2) is 4.79 Å². The lowest BCUT2D eigenvalue weighted by Crippen LogP contribution is -2.31. The van der Waals surface area contributed by atoms with Gasteiger partial charge in [-0.15, -0.1) is 0 Å². The standard InChI is InChI=1S/C12H17NO3/c1-2-13-12(15)16-11(9-14)8-10-6-4-3-5-7-10/h3-7,11,14H,2,8-9H2,1H3,(H,13,15). The number of hydrogen-bond donors (Lipinski definition) is 2. The number of benzene rings is 1. The van der Waals surface area contributed by atoms with Crippen LogP contribution >= 0.6 is 0 Å². The molecule has 1 aromatic rings. The number of carbonyl (C=O) groups excluding carboxylic acids is 1. The number of amides is 1. The summed E-state index contributed by atoms with van der Waals surface area (Å²) in [4.78, 5) is 11.2. The summed E-state index contributed by atoms with van der Waals surface area (Å²) < 4.78 is 5.04. The third-order valence-electron chi connectivity index (χ3n) is 2.10. The fourth-order valence-corrected chi connectivity index (χ4v) is 1.36. The van der Waals surface area contributed by atoms with E-state index in [0.29, 0.717) is 13.0 Å². The minimum atomic E-state index is -0.492. The van der Waals surface area contributed by atoms with Gasteiger partial charge in [0.15, 0.2) is 0 Å². The maximum Gasteiger partial charge on any atom is 0.407 e. The Hall–Kier alpha value is -1.55. The monoisotopic (exact) mass is 223 g/mol. The zero-order chi connectivity index (χ0) is 11.8. The average molecular weight is 223 g/mol. The molecule has 4 nitrogen and oxygen atoms in total. The number of hydrogen-bond acceptors (Lipinski definition) is 3. The van der Waals surface area contributed by atoms with Crippen molar-refractivity contribution in [3.8, 4) is 0 Å². The van der Waals surface area contributed by atoms with Crippen LogP contribution in [0.1, 0.15) is 12.5 Å². The first-order valence-corrected chi connectivity index (χ1v) is 5.35. The molecule has 1 rings (SSSR count). The van der Waals surface area contributed by atoms with Crippen LogP contribution in [0.25, 0.3) is 0 Å². The quantitative estimate of drug-likeness (QED) is 0.791. The Labute approximate surface area is 95.2 Å². The summed E-state index contributed by atoms with van der Waals surface area (Å²) in [5.74, 6) is 0. The van der Waals surface area contributed by atoms with Gasteiger partial charge in [0.05, 0.1) is 6.61 Å². The minimum Gasteiger partial charge on any atom is -0.443 e. The van der Waals surface area contributed by atoms with Crippen molar-refractivity contribution >= 4 is 6.09 Å². The predicted molar refractivity (Wildman–Crippen MR) is 61.2 cm³/mol. The molecule has 1 atom stereocenters. The van der Waals surface area contributed by atoms with Crippen LogP contribution in [0.4, 0.5) is 4.79 Å². The van der Waals surface area contributed by atoms with Gasteiger partial charge in [0.25, 0.3) is 0 Å². The molecule has 0 saturated heterocycles. The second-order valence-corrected chi connectivity index (χ2v) is 3.43. The van der Waals surface area contributed by atoms with E-state index in [1.807, 2.05) is 37.3 Å². The van der Waals surface area contributed by atoms with Crippen LogP contribution < -0.4 is 5.32 Å². The molecular formula is C12H17NO3. The van der Waals surface area contributed by atoms with Gasteiger partial charge in [-0.05, 0) is 12.5 Å². The Balaban J connectivity index is 2.46. The van der Waals surface area contributed by atoms with E-state index in [1.165, 1.54) is 0 Å². The van der Waals surface area contributed by atoms with E-state index in [0.717, 1.165) is 5.56 Å².